The van der Waals surface area contributed by atoms with Crippen molar-refractivity contribution >= 4 is 11.5 Å². The maximum absolute atomic E-state index is 12.8. The highest BCUT2D eigenvalue weighted by atomic mass is 19.1. The molecule has 1 aromatic carbocycles. The van der Waals surface area contributed by atoms with Crippen molar-refractivity contribution in [3.05, 3.63) is 60.1 Å². The van der Waals surface area contributed by atoms with E-state index < -0.39 is 5.83 Å². The average Bonchev–Trinajstić information content (AvgIpc) is 2.38. The van der Waals surface area contributed by atoms with Crippen molar-refractivity contribution in [3.63, 3.8) is 0 Å². The van der Waals surface area contributed by atoms with Gasteiger partial charge in [-0.2, -0.15) is 0 Å². The lowest BCUT2D eigenvalue weighted by Gasteiger charge is -1.97. The zero-order valence-electron chi connectivity index (χ0n) is 9.90. The van der Waals surface area contributed by atoms with Crippen molar-refractivity contribution < 1.29 is 9.18 Å². The molecule has 3 nitrogen and oxygen atoms in total. The normalized spacial score (nSPS) is 11.7. The summed E-state index contributed by atoms with van der Waals surface area (Å²) in [7, 11) is 0. The lowest BCUT2D eigenvalue weighted by Crippen LogP contribution is -2.00. The Bertz CT molecular complexity index is 478. The minimum atomic E-state index is -0.768. The molecule has 1 aromatic rings. The fourth-order valence-electron chi connectivity index (χ4n) is 1.36. The summed E-state index contributed by atoms with van der Waals surface area (Å²) >= 11 is 0. The van der Waals surface area contributed by atoms with Crippen molar-refractivity contribution in [2.45, 2.75) is 12.8 Å². The minimum absolute atomic E-state index is 0.0556. The van der Waals surface area contributed by atoms with Gasteiger partial charge in [-0.3, -0.25) is 4.79 Å². The predicted octanol–water partition coefficient (Wildman–Crippen LogP) is 2.53. The number of ketones is 1. The largest absolute Gasteiger partial charge is 0.402 e. The van der Waals surface area contributed by atoms with E-state index in [0.29, 0.717) is 6.42 Å². The lowest BCUT2D eigenvalue weighted by molar-refractivity contribution is -0.114. The summed E-state index contributed by atoms with van der Waals surface area (Å²) in [6.07, 6.45) is 3.93. The predicted molar refractivity (Wildman–Crippen MR) is 70.0 cm³/mol. The van der Waals surface area contributed by atoms with Gasteiger partial charge in [-0.15, -0.1) is 0 Å². The Morgan fingerprint density at radius 1 is 1.33 bits per heavy atom. The van der Waals surface area contributed by atoms with Crippen LogP contribution in [0.4, 0.5) is 4.39 Å². The van der Waals surface area contributed by atoms with Crippen molar-refractivity contribution in [2.24, 2.45) is 5.73 Å². The molecule has 0 aliphatic carbocycles. The molecule has 0 unspecified atom stereocenters. The van der Waals surface area contributed by atoms with E-state index in [0.717, 1.165) is 11.8 Å². The third-order valence-corrected chi connectivity index (χ3v) is 2.28. The number of carbonyl (C=O) groups excluding carboxylic acids is 1. The van der Waals surface area contributed by atoms with Gasteiger partial charge in [0.15, 0.2) is 11.6 Å². The van der Waals surface area contributed by atoms with Crippen LogP contribution in [0.5, 0.6) is 0 Å². The summed E-state index contributed by atoms with van der Waals surface area (Å²) in [4.78, 5) is 11.5. The Hall–Kier alpha value is -2.23. The van der Waals surface area contributed by atoms with Crippen LogP contribution in [0.25, 0.3) is 0 Å². The van der Waals surface area contributed by atoms with E-state index >= 15 is 0 Å². The van der Waals surface area contributed by atoms with Crippen LogP contribution < -0.4 is 5.73 Å². The Balaban J connectivity index is 2.44. The molecular formula is C14H15FN2O. The third kappa shape index (κ3) is 4.74. The van der Waals surface area contributed by atoms with E-state index in [2.05, 4.69) is 0 Å². The Morgan fingerprint density at radius 3 is 2.61 bits per heavy atom. The highest BCUT2D eigenvalue weighted by Crippen LogP contribution is 2.03. The minimum Gasteiger partial charge on any atom is -0.402 e. The molecule has 0 aliphatic rings. The van der Waals surface area contributed by atoms with Gasteiger partial charge >= 0.3 is 0 Å². The van der Waals surface area contributed by atoms with Crippen molar-refractivity contribution in [1.82, 2.24) is 0 Å². The van der Waals surface area contributed by atoms with Crippen molar-refractivity contribution in [3.8, 4) is 0 Å². The highest BCUT2D eigenvalue weighted by Gasteiger charge is 2.02. The zero-order chi connectivity index (χ0) is 13.4. The number of halogens is 1. The van der Waals surface area contributed by atoms with Crippen LogP contribution in [0.2, 0.25) is 0 Å². The van der Waals surface area contributed by atoms with Crippen LogP contribution in [-0.2, 0) is 11.2 Å². The van der Waals surface area contributed by atoms with E-state index in [9.17, 15) is 9.18 Å². The van der Waals surface area contributed by atoms with Crippen LogP contribution >= 0.6 is 0 Å². The molecule has 0 heterocycles. The molecule has 0 spiro atoms. The summed E-state index contributed by atoms with van der Waals surface area (Å²) < 4.78 is 12.8. The number of benzene rings is 1. The van der Waals surface area contributed by atoms with Gasteiger partial charge in [-0.05, 0) is 11.6 Å². The van der Waals surface area contributed by atoms with Crippen LogP contribution in [0, 0.1) is 5.41 Å². The van der Waals surface area contributed by atoms with Gasteiger partial charge in [0, 0.05) is 19.0 Å². The maximum atomic E-state index is 12.8. The van der Waals surface area contributed by atoms with E-state index in [1.54, 1.807) is 0 Å². The molecule has 18 heavy (non-hydrogen) atoms. The van der Waals surface area contributed by atoms with Gasteiger partial charge in [0.1, 0.15) is 0 Å². The van der Waals surface area contributed by atoms with Crippen LogP contribution in [0.3, 0.4) is 0 Å². The quantitative estimate of drug-likeness (QED) is 0.598. The molecule has 4 heteroatoms. The molecule has 0 saturated heterocycles. The topological polar surface area (TPSA) is 66.9 Å². The van der Waals surface area contributed by atoms with Gasteiger partial charge in [0.05, 0.1) is 5.71 Å². The second kappa shape index (κ2) is 7.17. The molecule has 3 N–H and O–H groups in total. The first-order valence-electron chi connectivity index (χ1n) is 5.52. The van der Waals surface area contributed by atoms with Gasteiger partial charge in [0.25, 0.3) is 0 Å². The molecule has 0 amide bonds. The average molecular weight is 246 g/mol. The first kappa shape index (κ1) is 13.8. The Morgan fingerprint density at radius 2 is 2.00 bits per heavy atom. The van der Waals surface area contributed by atoms with E-state index in [1.807, 2.05) is 30.3 Å². The number of hydrogen-bond acceptors (Lipinski definition) is 3. The standard InChI is InChI=1S/C14H15FN2O/c15-13(10-16)14(17)8-4-7-12(18)9-11-5-2-1-3-6-11/h1-7,10,17H,8-9,16H2/b7-4+,13-10+,17-14?. The lowest BCUT2D eigenvalue weighted by atomic mass is 10.1. The van der Waals surface area contributed by atoms with Gasteiger partial charge < -0.3 is 11.1 Å². The highest BCUT2D eigenvalue weighted by molar-refractivity contribution is 5.98. The number of nitrogens with two attached hydrogens (primary N) is 1. The summed E-state index contributed by atoms with van der Waals surface area (Å²) in [6.45, 7) is 0. The van der Waals surface area contributed by atoms with Gasteiger partial charge in [-0.1, -0.05) is 36.4 Å². The molecule has 0 radical (unpaired) electrons. The van der Waals surface area contributed by atoms with Gasteiger partial charge in [-0.25, -0.2) is 4.39 Å². The van der Waals surface area contributed by atoms with Crippen LogP contribution in [-0.4, -0.2) is 11.5 Å². The summed E-state index contributed by atoms with van der Waals surface area (Å²) in [5, 5.41) is 7.27. The van der Waals surface area contributed by atoms with Crippen LogP contribution in [0.1, 0.15) is 12.0 Å². The molecule has 0 saturated carbocycles. The number of hydrogen-bond donors (Lipinski definition) is 2. The van der Waals surface area contributed by atoms with Crippen molar-refractivity contribution in [2.75, 3.05) is 0 Å². The number of rotatable bonds is 6. The molecule has 0 bridgehead atoms. The molecule has 0 fully saturated rings. The SMILES string of the molecule is N=C(C/C=C/C(=O)Cc1ccccc1)/C(F)=C\N. The van der Waals surface area contributed by atoms with Crippen LogP contribution in [0.15, 0.2) is 54.5 Å². The molecule has 1 rings (SSSR count). The van der Waals surface area contributed by atoms with E-state index in [1.165, 1.54) is 12.2 Å². The second-order valence-corrected chi connectivity index (χ2v) is 3.73. The fraction of sp³-hybridized carbons (Fsp3) is 0.143. The first-order valence-corrected chi connectivity index (χ1v) is 5.52. The summed E-state index contributed by atoms with van der Waals surface area (Å²) in [5.41, 5.74) is 5.63. The number of nitrogens with one attached hydrogen (secondary N) is 1. The molecular weight excluding hydrogens is 231 g/mol. The monoisotopic (exact) mass is 246 g/mol. The number of carbonyl (C=O) groups is 1. The molecule has 94 valence electrons. The Kier molecular flexibility index (Phi) is 5.51. The summed E-state index contributed by atoms with van der Waals surface area (Å²) in [5.74, 6) is -0.846. The van der Waals surface area contributed by atoms with E-state index in [4.69, 9.17) is 11.1 Å². The second-order valence-electron chi connectivity index (χ2n) is 3.73. The van der Waals surface area contributed by atoms with Gasteiger partial charge in [0.2, 0.25) is 0 Å². The zero-order valence-corrected chi connectivity index (χ0v) is 9.90. The van der Waals surface area contributed by atoms with Crippen molar-refractivity contribution in [1.29, 1.82) is 5.41 Å². The fourth-order valence-corrected chi connectivity index (χ4v) is 1.36. The maximum Gasteiger partial charge on any atom is 0.159 e. The Labute approximate surface area is 105 Å². The number of allylic oxidation sites excluding steroid dienone is 3. The smallest absolute Gasteiger partial charge is 0.159 e. The molecule has 0 aromatic heterocycles. The molecule has 0 aliphatic heterocycles. The summed E-state index contributed by atoms with van der Waals surface area (Å²) in [6, 6.07) is 9.34. The molecule has 0 atom stereocenters. The first-order chi connectivity index (χ1) is 8.63. The third-order valence-electron chi connectivity index (χ3n) is 2.28. The van der Waals surface area contributed by atoms with E-state index in [-0.39, 0.29) is 17.9 Å².